The van der Waals surface area contributed by atoms with Gasteiger partial charge in [0, 0.05) is 29.9 Å². The third kappa shape index (κ3) is 4.34. The van der Waals surface area contributed by atoms with Gasteiger partial charge in [-0.2, -0.15) is 0 Å². The Morgan fingerprint density at radius 2 is 2.14 bits per heavy atom. The second kappa shape index (κ2) is 6.65. The van der Waals surface area contributed by atoms with Crippen molar-refractivity contribution in [2.75, 3.05) is 0 Å². The fourth-order valence-electron chi connectivity index (χ4n) is 1.61. The van der Waals surface area contributed by atoms with Crippen LogP contribution in [0.2, 0.25) is 0 Å². The van der Waals surface area contributed by atoms with Crippen LogP contribution in [0.3, 0.4) is 0 Å². The van der Waals surface area contributed by atoms with E-state index in [4.69, 9.17) is 0 Å². The molecule has 0 aliphatic heterocycles. The fourth-order valence-corrected chi connectivity index (χ4v) is 3.81. The standard InChI is InChI=1S/C12H19N5O2S2/c1-9(2)13-5-10-4-11(7-20-10)21(18,19)15-6-12-16-14-8-17(12)3/h4,7-9,13,15H,5-6H2,1-3H3. The molecule has 0 aliphatic carbocycles. The summed E-state index contributed by atoms with van der Waals surface area (Å²) in [6.07, 6.45) is 1.53. The number of nitrogens with one attached hydrogen (secondary N) is 2. The van der Waals surface area contributed by atoms with E-state index in [1.165, 1.54) is 17.7 Å². The van der Waals surface area contributed by atoms with Crippen LogP contribution in [0.25, 0.3) is 0 Å². The van der Waals surface area contributed by atoms with Crippen molar-refractivity contribution < 1.29 is 8.42 Å². The van der Waals surface area contributed by atoms with Gasteiger partial charge in [-0.3, -0.25) is 0 Å². The first-order chi connectivity index (χ1) is 9.88. The van der Waals surface area contributed by atoms with E-state index < -0.39 is 10.0 Å². The molecule has 0 saturated heterocycles. The highest BCUT2D eigenvalue weighted by Crippen LogP contribution is 2.19. The van der Waals surface area contributed by atoms with Crippen molar-refractivity contribution >= 4 is 21.4 Å². The van der Waals surface area contributed by atoms with Gasteiger partial charge in [-0.1, -0.05) is 13.8 Å². The van der Waals surface area contributed by atoms with Crippen molar-refractivity contribution in [1.29, 1.82) is 0 Å². The first-order valence-electron chi connectivity index (χ1n) is 6.52. The van der Waals surface area contributed by atoms with Crippen molar-refractivity contribution in [3.8, 4) is 0 Å². The molecule has 0 aromatic carbocycles. The lowest BCUT2D eigenvalue weighted by Crippen LogP contribution is -2.24. The van der Waals surface area contributed by atoms with E-state index in [1.54, 1.807) is 23.1 Å². The van der Waals surface area contributed by atoms with Crippen molar-refractivity contribution in [3.63, 3.8) is 0 Å². The summed E-state index contributed by atoms with van der Waals surface area (Å²) in [5.41, 5.74) is 0. The van der Waals surface area contributed by atoms with E-state index in [-0.39, 0.29) is 11.4 Å². The topological polar surface area (TPSA) is 88.9 Å². The van der Waals surface area contributed by atoms with Crippen molar-refractivity contribution in [2.45, 2.75) is 37.9 Å². The summed E-state index contributed by atoms with van der Waals surface area (Å²) in [6, 6.07) is 2.06. The first kappa shape index (κ1) is 16.1. The maximum Gasteiger partial charge on any atom is 0.241 e. The molecule has 2 N–H and O–H groups in total. The Bertz CT molecular complexity index is 690. The van der Waals surface area contributed by atoms with Crippen LogP contribution in [0.1, 0.15) is 24.5 Å². The molecule has 2 aromatic rings. The van der Waals surface area contributed by atoms with E-state index in [1.807, 2.05) is 13.8 Å². The highest BCUT2D eigenvalue weighted by molar-refractivity contribution is 7.89. The Hall–Kier alpha value is -1.29. The molecule has 0 amide bonds. The predicted octanol–water partition coefficient (Wildman–Crippen LogP) is 0.853. The van der Waals surface area contributed by atoms with Crippen molar-refractivity contribution in [2.24, 2.45) is 7.05 Å². The summed E-state index contributed by atoms with van der Waals surface area (Å²) >= 11 is 1.43. The number of hydrogen-bond acceptors (Lipinski definition) is 6. The molecule has 0 bridgehead atoms. The van der Waals surface area contributed by atoms with Crippen molar-refractivity contribution in [3.05, 3.63) is 28.5 Å². The second-order valence-electron chi connectivity index (χ2n) is 4.97. The minimum atomic E-state index is -3.52. The number of sulfonamides is 1. The van der Waals surface area contributed by atoms with Crippen LogP contribution in [0.15, 0.2) is 22.7 Å². The Kier molecular flexibility index (Phi) is 5.09. The molecule has 0 unspecified atom stereocenters. The summed E-state index contributed by atoms with van der Waals surface area (Å²) in [4.78, 5) is 1.28. The van der Waals surface area contributed by atoms with Crippen LogP contribution in [-0.4, -0.2) is 29.2 Å². The van der Waals surface area contributed by atoms with E-state index in [0.717, 1.165) is 4.88 Å². The van der Waals surface area contributed by atoms with Crippen LogP contribution in [0.4, 0.5) is 0 Å². The van der Waals surface area contributed by atoms with Gasteiger partial charge in [0.15, 0.2) is 0 Å². The molecule has 0 saturated carbocycles. The van der Waals surface area contributed by atoms with Crippen LogP contribution in [0, 0.1) is 0 Å². The molecule has 2 heterocycles. The Morgan fingerprint density at radius 1 is 1.38 bits per heavy atom. The average Bonchev–Trinajstić information content (AvgIpc) is 3.03. The Balaban J connectivity index is 2.01. The molecule has 2 rings (SSSR count). The first-order valence-corrected chi connectivity index (χ1v) is 8.88. The highest BCUT2D eigenvalue weighted by Gasteiger charge is 2.17. The van der Waals surface area contributed by atoms with Crippen LogP contribution < -0.4 is 10.0 Å². The van der Waals surface area contributed by atoms with Gasteiger partial charge in [0.1, 0.15) is 12.2 Å². The van der Waals surface area contributed by atoms with E-state index in [0.29, 0.717) is 18.4 Å². The molecule has 9 heteroatoms. The van der Waals surface area contributed by atoms with Crippen LogP contribution in [0.5, 0.6) is 0 Å². The van der Waals surface area contributed by atoms with E-state index in [2.05, 4.69) is 20.2 Å². The van der Waals surface area contributed by atoms with Gasteiger partial charge >= 0.3 is 0 Å². The molecular formula is C12H19N5O2S2. The smallest absolute Gasteiger partial charge is 0.241 e. The molecule has 21 heavy (non-hydrogen) atoms. The quantitative estimate of drug-likeness (QED) is 0.786. The molecule has 2 aromatic heterocycles. The lowest BCUT2D eigenvalue weighted by atomic mass is 10.4. The lowest BCUT2D eigenvalue weighted by molar-refractivity contribution is 0.577. The molecule has 7 nitrogen and oxygen atoms in total. The van der Waals surface area contributed by atoms with E-state index >= 15 is 0 Å². The minimum absolute atomic E-state index is 0.119. The van der Waals surface area contributed by atoms with Crippen LogP contribution >= 0.6 is 11.3 Å². The monoisotopic (exact) mass is 329 g/mol. The molecule has 0 radical (unpaired) electrons. The maximum absolute atomic E-state index is 12.2. The third-order valence-electron chi connectivity index (χ3n) is 2.85. The second-order valence-corrected chi connectivity index (χ2v) is 7.73. The number of aromatic nitrogens is 3. The zero-order valence-corrected chi connectivity index (χ0v) is 13.8. The van der Waals surface area contributed by atoms with Gasteiger partial charge in [-0.05, 0) is 6.07 Å². The zero-order chi connectivity index (χ0) is 15.5. The molecular weight excluding hydrogens is 310 g/mol. The number of rotatable bonds is 7. The third-order valence-corrected chi connectivity index (χ3v) is 5.32. The molecule has 0 spiro atoms. The highest BCUT2D eigenvalue weighted by atomic mass is 32.2. The lowest BCUT2D eigenvalue weighted by Gasteiger charge is -2.05. The van der Waals surface area contributed by atoms with Gasteiger partial charge in [0.25, 0.3) is 0 Å². The van der Waals surface area contributed by atoms with E-state index in [9.17, 15) is 8.42 Å². The van der Waals surface area contributed by atoms with Crippen LogP contribution in [-0.2, 0) is 30.2 Å². The number of hydrogen-bond donors (Lipinski definition) is 2. The van der Waals surface area contributed by atoms with Gasteiger partial charge in [0.2, 0.25) is 10.0 Å². The summed E-state index contributed by atoms with van der Waals surface area (Å²) in [5, 5.41) is 12.5. The molecule has 116 valence electrons. The summed E-state index contributed by atoms with van der Waals surface area (Å²) in [6.45, 7) is 4.89. The molecule has 0 aliphatic rings. The van der Waals surface area contributed by atoms with Gasteiger partial charge in [-0.15, -0.1) is 21.5 Å². The van der Waals surface area contributed by atoms with Gasteiger partial charge < -0.3 is 9.88 Å². The van der Waals surface area contributed by atoms with Gasteiger partial charge in [0.05, 0.1) is 11.4 Å². The number of thiophene rings is 1. The van der Waals surface area contributed by atoms with Crippen molar-refractivity contribution in [1.82, 2.24) is 24.8 Å². The Morgan fingerprint density at radius 3 is 2.76 bits per heavy atom. The maximum atomic E-state index is 12.2. The number of aryl methyl sites for hydroxylation is 1. The average molecular weight is 329 g/mol. The molecule has 0 fully saturated rings. The summed E-state index contributed by atoms with van der Waals surface area (Å²) < 4.78 is 28.6. The molecule has 0 atom stereocenters. The SMILES string of the molecule is CC(C)NCc1cc(S(=O)(=O)NCc2nncn2C)cs1. The largest absolute Gasteiger partial charge is 0.320 e. The predicted molar refractivity (Wildman–Crippen MR) is 81.3 cm³/mol. The summed E-state index contributed by atoms with van der Waals surface area (Å²) in [5.74, 6) is 0.565. The minimum Gasteiger partial charge on any atom is -0.320 e. The fraction of sp³-hybridized carbons (Fsp3) is 0.500. The van der Waals surface area contributed by atoms with Gasteiger partial charge in [-0.25, -0.2) is 13.1 Å². The Labute approximate surface area is 128 Å². The number of nitrogens with zero attached hydrogens (tertiary/aromatic N) is 3. The normalized spacial score (nSPS) is 12.2. The summed E-state index contributed by atoms with van der Waals surface area (Å²) in [7, 11) is -1.75. The zero-order valence-electron chi connectivity index (χ0n) is 12.2.